The Morgan fingerprint density at radius 1 is 1.44 bits per heavy atom. The first-order chi connectivity index (χ1) is 8.50. The van der Waals surface area contributed by atoms with Crippen LogP contribution in [0.4, 0.5) is 0 Å². The molecule has 0 saturated heterocycles. The fourth-order valence-electron chi connectivity index (χ4n) is 1.94. The minimum absolute atomic E-state index is 0.0830. The zero-order chi connectivity index (χ0) is 13.3. The molecule has 0 aliphatic heterocycles. The minimum Gasteiger partial charge on any atom is -0.481 e. The number of aryl methyl sites for hydroxylation is 2. The molecule has 18 heavy (non-hydrogen) atoms. The Morgan fingerprint density at radius 3 is 2.72 bits per heavy atom. The lowest BCUT2D eigenvalue weighted by Crippen LogP contribution is -2.02. The maximum atomic E-state index is 10.8. The maximum absolute atomic E-state index is 10.8. The average molecular weight is 309 g/mol. The Balaban J connectivity index is 2.56. The van der Waals surface area contributed by atoms with Gasteiger partial charge in [-0.1, -0.05) is 24.3 Å². The molecule has 2 rings (SSSR count). The molecule has 1 aromatic heterocycles. The summed E-state index contributed by atoms with van der Waals surface area (Å²) in [6.07, 6.45) is -0.0830. The number of rotatable bonds is 3. The molecule has 1 N–H and O–H groups in total. The molecule has 0 aliphatic rings. The first kappa shape index (κ1) is 12.8. The number of hydrogen-bond donors (Lipinski definition) is 1. The van der Waals surface area contributed by atoms with Crippen molar-refractivity contribution >= 4 is 21.9 Å². The molecule has 5 heteroatoms. The van der Waals surface area contributed by atoms with Crippen LogP contribution in [0.15, 0.2) is 28.7 Å². The monoisotopic (exact) mass is 308 g/mol. The summed E-state index contributed by atoms with van der Waals surface area (Å²) in [5.41, 5.74) is 3.63. The van der Waals surface area contributed by atoms with Crippen molar-refractivity contribution in [2.45, 2.75) is 13.3 Å². The third kappa shape index (κ3) is 2.31. The van der Waals surface area contributed by atoms with Crippen LogP contribution in [-0.4, -0.2) is 20.9 Å². The van der Waals surface area contributed by atoms with E-state index in [-0.39, 0.29) is 6.42 Å². The lowest BCUT2D eigenvalue weighted by atomic mass is 10.1. The van der Waals surface area contributed by atoms with Gasteiger partial charge in [-0.25, -0.2) is 0 Å². The Kier molecular flexibility index (Phi) is 3.52. The van der Waals surface area contributed by atoms with Crippen LogP contribution in [0, 0.1) is 6.92 Å². The van der Waals surface area contributed by atoms with Crippen LogP contribution in [0.2, 0.25) is 0 Å². The minimum atomic E-state index is -0.884. The largest absolute Gasteiger partial charge is 0.481 e. The van der Waals surface area contributed by atoms with E-state index in [0.29, 0.717) is 5.69 Å². The van der Waals surface area contributed by atoms with E-state index in [4.69, 9.17) is 5.11 Å². The Bertz CT molecular complexity index is 605. The molecule has 0 aliphatic carbocycles. The zero-order valence-corrected chi connectivity index (χ0v) is 11.7. The number of benzene rings is 1. The van der Waals surface area contributed by atoms with Gasteiger partial charge < -0.3 is 5.11 Å². The van der Waals surface area contributed by atoms with Gasteiger partial charge in [-0.2, -0.15) is 5.10 Å². The molecule has 0 unspecified atom stereocenters. The highest BCUT2D eigenvalue weighted by atomic mass is 79.9. The van der Waals surface area contributed by atoms with E-state index in [1.165, 1.54) is 0 Å². The smallest absolute Gasteiger partial charge is 0.309 e. The number of aromatic nitrogens is 2. The molecule has 4 nitrogen and oxygen atoms in total. The van der Waals surface area contributed by atoms with Crippen molar-refractivity contribution in [3.05, 3.63) is 40.0 Å². The quantitative estimate of drug-likeness (QED) is 0.948. The van der Waals surface area contributed by atoms with E-state index in [0.717, 1.165) is 21.3 Å². The highest BCUT2D eigenvalue weighted by molar-refractivity contribution is 9.10. The van der Waals surface area contributed by atoms with E-state index < -0.39 is 5.97 Å². The van der Waals surface area contributed by atoms with Gasteiger partial charge in [0, 0.05) is 12.6 Å². The summed E-state index contributed by atoms with van der Waals surface area (Å²) in [5, 5.41) is 13.1. The van der Waals surface area contributed by atoms with Crippen molar-refractivity contribution in [2.75, 3.05) is 0 Å². The van der Waals surface area contributed by atoms with Crippen molar-refractivity contribution < 1.29 is 9.90 Å². The lowest BCUT2D eigenvalue weighted by molar-refractivity contribution is -0.136. The number of nitrogens with zero attached hydrogens (tertiary/aromatic N) is 2. The summed E-state index contributed by atoms with van der Waals surface area (Å²) in [6.45, 7) is 2.02. The predicted molar refractivity (Wildman–Crippen MR) is 72.4 cm³/mol. The van der Waals surface area contributed by atoms with Crippen LogP contribution in [0.25, 0.3) is 11.3 Å². The molecule has 0 bridgehead atoms. The van der Waals surface area contributed by atoms with E-state index in [1.807, 2.05) is 38.2 Å². The normalized spacial score (nSPS) is 10.6. The molecular formula is C13H13BrN2O2. The third-order valence-electron chi connectivity index (χ3n) is 2.77. The van der Waals surface area contributed by atoms with Crippen LogP contribution in [0.3, 0.4) is 0 Å². The molecule has 0 spiro atoms. The summed E-state index contributed by atoms with van der Waals surface area (Å²) < 4.78 is 2.46. The van der Waals surface area contributed by atoms with Crippen molar-refractivity contribution in [3.63, 3.8) is 0 Å². The van der Waals surface area contributed by atoms with Gasteiger partial charge in [0.05, 0.1) is 22.3 Å². The molecular weight excluding hydrogens is 296 g/mol. The van der Waals surface area contributed by atoms with Crippen LogP contribution < -0.4 is 0 Å². The van der Waals surface area contributed by atoms with Gasteiger partial charge in [0.2, 0.25) is 0 Å². The second-order valence-electron chi connectivity index (χ2n) is 4.12. The van der Waals surface area contributed by atoms with Crippen LogP contribution in [-0.2, 0) is 18.3 Å². The van der Waals surface area contributed by atoms with Crippen molar-refractivity contribution in [1.82, 2.24) is 9.78 Å². The van der Waals surface area contributed by atoms with Gasteiger partial charge >= 0.3 is 5.97 Å². The number of carbonyl (C=O) groups is 1. The highest BCUT2D eigenvalue weighted by Crippen LogP contribution is 2.32. The number of carboxylic acids is 1. The van der Waals surface area contributed by atoms with E-state index in [2.05, 4.69) is 21.0 Å². The zero-order valence-electron chi connectivity index (χ0n) is 10.1. The SMILES string of the molecule is Cc1ccccc1-c1c(Br)c(CC(=O)O)nn1C. The van der Waals surface area contributed by atoms with Gasteiger partial charge in [-0.15, -0.1) is 0 Å². The van der Waals surface area contributed by atoms with Gasteiger partial charge in [-0.05, 0) is 28.4 Å². The molecule has 0 amide bonds. The Morgan fingerprint density at radius 2 is 2.11 bits per heavy atom. The molecule has 94 valence electrons. The van der Waals surface area contributed by atoms with Crippen molar-refractivity contribution in [3.8, 4) is 11.3 Å². The summed E-state index contributed by atoms with van der Waals surface area (Å²) in [4.78, 5) is 10.8. The van der Waals surface area contributed by atoms with E-state index in [9.17, 15) is 4.79 Å². The average Bonchev–Trinajstić information content (AvgIpc) is 2.55. The summed E-state index contributed by atoms with van der Waals surface area (Å²) in [6, 6.07) is 7.95. The van der Waals surface area contributed by atoms with E-state index >= 15 is 0 Å². The summed E-state index contributed by atoms with van der Waals surface area (Å²) in [7, 11) is 1.82. The Hall–Kier alpha value is -1.62. The molecule has 0 atom stereocenters. The van der Waals surface area contributed by atoms with Crippen molar-refractivity contribution in [2.24, 2.45) is 7.05 Å². The Labute approximate surface area is 113 Å². The number of halogens is 1. The van der Waals surface area contributed by atoms with Gasteiger partial charge in [0.1, 0.15) is 0 Å². The molecule has 1 aromatic carbocycles. The molecule has 1 heterocycles. The second-order valence-corrected chi connectivity index (χ2v) is 4.91. The van der Waals surface area contributed by atoms with E-state index in [1.54, 1.807) is 4.68 Å². The molecule has 0 fully saturated rings. The van der Waals surface area contributed by atoms with Crippen molar-refractivity contribution in [1.29, 1.82) is 0 Å². The number of aliphatic carboxylic acids is 1. The number of hydrogen-bond acceptors (Lipinski definition) is 2. The van der Waals surface area contributed by atoms with Gasteiger partial charge in [0.25, 0.3) is 0 Å². The summed E-state index contributed by atoms with van der Waals surface area (Å²) in [5.74, 6) is -0.884. The second kappa shape index (κ2) is 4.94. The first-order valence-corrected chi connectivity index (χ1v) is 6.29. The van der Waals surface area contributed by atoms with Crippen LogP contribution in [0.5, 0.6) is 0 Å². The summed E-state index contributed by atoms with van der Waals surface area (Å²) >= 11 is 3.45. The molecule has 2 aromatic rings. The van der Waals surface area contributed by atoms with Gasteiger partial charge in [0.15, 0.2) is 0 Å². The third-order valence-corrected chi connectivity index (χ3v) is 3.61. The van der Waals surface area contributed by atoms with Gasteiger partial charge in [-0.3, -0.25) is 9.48 Å². The maximum Gasteiger partial charge on any atom is 0.309 e. The fraction of sp³-hybridized carbons (Fsp3) is 0.231. The predicted octanol–water partition coefficient (Wildman–Crippen LogP) is 2.79. The molecule has 0 radical (unpaired) electrons. The standard InChI is InChI=1S/C13H13BrN2O2/c1-8-5-3-4-6-9(8)13-12(14)10(7-11(17)18)15-16(13)2/h3-6H,7H2,1-2H3,(H,17,18). The fourth-order valence-corrected chi connectivity index (χ4v) is 2.63. The molecule has 0 saturated carbocycles. The van der Waals surface area contributed by atoms with Crippen LogP contribution in [0.1, 0.15) is 11.3 Å². The number of carboxylic acid groups (broad SMARTS) is 1. The highest BCUT2D eigenvalue weighted by Gasteiger charge is 2.18. The topological polar surface area (TPSA) is 55.1 Å². The van der Waals surface area contributed by atoms with Crippen LogP contribution >= 0.6 is 15.9 Å². The lowest BCUT2D eigenvalue weighted by Gasteiger charge is -2.06. The first-order valence-electron chi connectivity index (χ1n) is 5.50.